The van der Waals surface area contributed by atoms with Gasteiger partial charge in [0.1, 0.15) is 5.75 Å². The average Bonchev–Trinajstić information content (AvgIpc) is 3.06. The van der Waals surface area contributed by atoms with Crippen molar-refractivity contribution < 1.29 is 9.53 Å². The van der Waals surface area contributed by atoms with Crippen molar-refractivity contribution in [1.82, 2.24) is 5.32 Å². The van der Waals surface area contributed by atoms with Crippen LogP contribution in [-0.4, -0.2) is 31.6 Å². The summed E-state index contributed by atoms with van der Waals surface area (Å²) < 4.78 is 5.63. The van der Waals surface area contributed by atoms with Gasteiger partial charge in [0.2, 0.25) is 5.91 Å². The lowest BCUT2D eigenvalue weighted by Crippen LogP contribution is -2.39. The Morgan fingerprint density at radius 3 is 3.10 bits per heavy atom. The molecule has 0 aromatic heterocycles. The van der Waals surface area contributed by atoms with E-state index in [0.29, 0.717) is 0 Å². The van der Waals surface area contributed by atoms with Gasteiger partial charge < -0.3 is 15.0 Å². The average molecular weight is 274 g/mol. The lowest BCUT2D eigenvalue weighted by atomic mass is 10.1. The minimum absolute atomic E-state index is 0.0541. The maximum absolute atomic E-state index is 11.8. The van der Waals surface area contributed by atoms with E-state index in [4.69, 9.17) is 4.74 Å². The Balaban J connectivity index is 1.69. The molecule has 4 heteroatoms. The zero-order valence-corrected chi connectivity index (χ0v) is 12.2. The number of nitrogens with one attached hydrogen (secondary N) is 1. The van der Waals surface area contributed by atoms with Crippen molar-refractivity contribution >= 4 is 11.6 Å². The third kappa shape index (κ3) is 2.47. The number of nitrogens with zero attached hydrogens (tertiary/aromatic N) is 1. The summed E-state index contributed by atoms with van der Waals surface area (Å²) >= 11 is 0. The highest BCUT2D eigenvalue weighted by molar-refractivity contribution is 5.78. The van der Waals surface area contributed by atoms with E-state index >= 15 is 0 Å². The van der Waals surface area contributed by atoms with Crippen LogP contribution >= 0.6 is 0 Å². The number of anilines is 1. The fraction of sp³-hybridized carbons (Fsp3) is 0.562. The SMILES string of the molecule is CC(C)C(=O)NC1CCN(c2cccc3c2CCO3)C1. The quantitative estimate of drug-likeness (QED) is 0.916. The van der Waals surface area contributed by atoms with Crippen LogP contribution in [0.4, 0.5) is 5.69 Å². The maximum Gasteiger partial charge on any atom is 0.222 e. The van der Waals surface area contributed by atoms with Crippen molar-refractivity contribution in [2.45, 2.75) is 32.7 Å². The Morgan fingerprint density at radius 1 is 1.45 bits per heavy atom. The molecule has 1 aromatic rings. The molecule has 0 radical (unpaired) electrons. The summed E-state index contributed by atoms with van der Waals surface area (Å²) in [6, 6.07) is 6.53. The van der Waals surface area contributed by atoms with Gasteiger partial charge in [-0.25, -0.2) is 0 Å². The first-order valence-electron chi connectivity index (χ1n) is 7.45. The standard InChI is InChI=1S/C16H22N2O2/c1-11(2)16(19)17-12-6-8-18(10-12)14-4-3-5-15-13(14)7-9-20-15/h3-5,11-12H,6-10H2,1-2H3,(H,17,19). The summed E-state index contributed by atoms with van der Waals surface area (Å²) in [5.74, 6) is 1.23. The van der Waals surface area contributed by atoms with E-state index in [1.54, 1.807) is 0 Å². The zero-order chi connectivity index (χ0) is 14.1. The van der Waals surface area contributed by atoms with E-state index < -0.39 is 0 Å². The fourth-order valence-electron chi connectivity index (χ4n) is 2.96. The minimum atomic E-state index is 0.0541. The second-order valence-electron chi connectivity index (χ2n) is 5.95. The second kappa shape index (κ2) is 5.35. The molecule has 108 valence electrons. The van der Waals surface area contributed by atoms with Gasteiger partial charge >= 0.3 is 0 Å². The number of amides is 1. The van der Waals surface area contributed by atoms with E-state index in [2.05, 4.69) is 22.3 Å². The molecule has 0 bridgehead atoms. The molecule has 1 unspecified atom stereocenters. The number of carbonyl (C=O) groups excluding carboxylic acids is 1. The first-order chi connectivity index (χ1) is 9.65. The van der Waals surface area contributed by atoms with Crippen molar-refractivity contribution in [3.05, 3.63) is 23.8 Å². The molecule has 1 saturated heterocycles. The first-order valence-corrected chi connectivity index (χ1v) is 7.45. The van der Waals surface area contributed by atoms with Gasteiger partial charge in [0.15, 0.2) is 0 Å². The molecule has 1 atom stereocenters. The summed E-state index contributed by atoms with van der Waals surface area (Å²) in [7, 11) is 0. The highest BCUT2D eigenvalue weighted by Crippen LogP contribution is 2.35. The largest absolute Gasteiger partial charge is 0.493 e. The zero-order valence-electron chi connectivity index (χ0n) is 12.2. The van der Waals surface area contributed by atoms with Crippen LogP contribution in [0.5, 0.6) is 5.75 Å². The monoisotopic (exact) mass is 274 g/mol. The maximum atomic E-state index is 11.8. The van der Waals surface area contributed by atoms with E-state index in [1.807, 2.05) is 19.9 Å². The Bertz CT molecular complexity index is 513. The molecule has 1 amide bonds. The number of carbonyl (C=O) groups is 1. The summed E-state index contributed by atoms with van der Waals surface area (Å²) in [6.45, 7) is 6.55. The highest BCUT2D eigenvalue weighted by Gasteiger charge is 2.27. The molecule has 1 N–H and O–H groups in total. The Kier molecular flexibility index (Phi) is 3.55. The van der Waals surface area contributed by atoms with Crippen LogP contribution in [0, 0.1) is 5.92 Å². The smallest absolute Gasteiger partial charge is 0.222 e. The highest BCUT2D eigenvalue weighted by atomic mass is 16.5. The van der Waals surface area contributed by atoms with E-state index in [0.717, 1.165) is 38.3 Å². The summed E-state index contributed by atoms with van der Waals surface area (Å²) in [6.07, 6.45) is 2.01. The normalized spacial score (nSPS) is 20.9. The van der Waals surface area contributed by atoms with Crippen LogP contribution in [0.2, 0.25) is 0 Å². The van der Waals surface area contributed by atoms with Crippen LogP contribution in [0.15, 0.2) is 18.2 Å². The van der Waals surface area contributed by atoms with Crippen molar-refractivity contribution in [3.63, 3.8) is 0 Å². The molecule has 2 heterocycles. The molecule has 20 heavy (non-hydrogen) atoms. The number of fused-ring (bicyclic) bond motifs is 1. The molecule has 0 aliphatic carbocycles. The van der Waals surface area contributed by atoms with Gasteiger partial charge in [-0.3, -0.25) is 4.79 Å². The van der Waals surface area contributed by atoms with Gasteiger partial charge in [-0.15, -0.1) is 0 Å². The summed E-state index contributed by atoms with van der Waals surface area (Å²) in [5.41, 5.74) is 2.60. The van der Waals surface area contributed by atoms with E-state index in [9.17, 15) is 4.79 Å². The Hall–Kier alpha value is -1.71. The van der Waals surface area contributed by atoms with Crippen LogP contribution in [-0.2, 0) is 11.2 Å². The summed E-state index contributed by atoms with van der Waals surface area (Å²) in [5, 5.41) is 3.13. The second-order valence-corrected chi connectivity index (χ2v) is 5.95. The van der Waals surface area contributed by atoms with Gasteiger partial charge in [0.05, 0.1) is 6.61 Å². The molecular formula is C16H22N2O2. The van der Waals surface area contributed by atoms with Crippen LogP contribution in [0.3, 0.4) is 0 Å². The van der Waals surface area contributed by atoms with Crippen LogP contribution in [0.25, 0.3) is 0 Å². The number of rotatable bonds is 3. The van der Waals surface area contributed by atoms with Crippen molar-refractivity contribution in [2.24, 2.45) is 5.92 Å². The van der Waals surface area contributed by atoms with E-state index in [1.165, 1.54) is 11.3 Å². The Morgan fingerprint density at radius 2 is 2.30 bits per heavy atom. The third-order valence-electron chi connectivity index (χ3n) is 4.12. The molecule has 1 aromatic carbocycles. The molecule has 2 aliphatic heterocycles. The molecule has 2 aliphatic rings. The van der Waals surface area contributed by atoms with Crippen LogP contribution in [0.1, 0.15) is 25.8 Å². The lowest BCUT2D eigenvalue weighted by molar-refractivity contribution is -0.124. The number of hydrogen-bond acceptors (Lipinski definition) is 3. The van der Waals surface area contributed by atoms with Crippen LogP contribution < -0.4 is 15.0 Å². The van der Waals surface area contributed by atoms with Gasteiger partial charge in [0.25, 0.3) is 0 Å². The number of benzene rings is 1. The third-order valence-corrected chi connectivity index (χ3v) is 4.12. The molecular weight excluding hydrogens is 252 g/mol. The Labute approximate surface area is 120 Å². The molecule has 1 fully saturated rings. The number of ether oxygens (including phenoxy) is 1. The topological polar surface area (TPSA) is 41.6 Å². The molecule has 4 nitrogen and oxygen atoms in total. The van der Waals surface area contributed by atoms with Gasteiger partial charge in [-0.05, 0) is 18.6 Å². The van der Waals surface area contributed by atoms with Crippen molar-refractivity contribution in [3.8, 4) is 5.75 Å². The number of hydrogen-bond donors (Lipinski definition) is 1. The first kappa shape index (κ1) is 13.3. The minimum Gasteiger partial charge on any atom is -0.493 e. The van der Waals surface area contributed by atoms with E-state index in [-0.39, 0.29) is 17.9 Å². The summed E-state index contributed by atoms with van der Waals surface area (Å²) in [4.78, 5) is 14.2. The molecule has 3 rings (SSSR count). The molecule has 0 spiro atoms. The predicted molar refractivity (Wildman–Crippen MR) is 79.2 cm³/mol. The predicted octanol–water partition coefficient (Wildman–Crippen LogP) is 1.97. The van der Waals surface area contributed by atoms with Crippen molar-refractivity contribution in [1.29, 1.82) is 0 Å². The van der Waals surface area contributed by atoms with Gasteiger partial charge in [-0.1, -0.05) is 19.9 Å². The molecule has 0 saturated carbocycles. The van der Waals surface area contributed by atoms with Crippen molar-refractivity contribution in [2.75, 3.05) is 24.6 Å². The fourth-order valence-corrected chi connectivity index (χ4v) is 2.96. The van der Waals surface area contributed by atoms with Gasteiger partial charge in [0, 0.05) is 42.7 Å². The van der Waals surface area contributed by atoms with Gasteiger partial charge in [-0.2, -0.15) is 0 Å². The lowest BCUT2D eigenvalue weighted by Gasteiger charge is -2.21.